The smallest absolute Gasteiger partial charge is 0.373 e. The molecule has 0 saturated carbocycles. The van der Waals surface area contributed by atoms with Crippen LogP contribution in [0.1, 0.15) is 36.0 Å². The minimum atomic E-state index is -1.29. The number of aromatic carboxylic acids is 1. The SMILES string of the molecule is CC(C)c1nc(-c2cccc(F)c2F)oc1C(=O)O. The molecule has 0 unspecified atom stereocenters. The van der Waals surface area contributed by atoms with Crippen LogP contribution in [-0.2, 0) is 0 Å². The Kier molecular flexibility index (Phi) is 3.33. The number of halogens is 2. The van der Waals surface area contributed by atoms with E-state index in [-0.39, 0.29) is 28.8 Å². The van der Waals surface area contributed by atoms with Gasteiger partial charge in [0.1, 0.15) is 0 Å². The normalized spacial score (nSPS) is 11.0. The molecule has 0 bridgehead atoms. The number of carbonyl (C=O) groups is 1. The Morgan fingerprint density at radius 3 is 2.58 bits per heavy atom. The molecule has 2 aromatic rings. The summed E-state index contributed by atoms with van der Waals surface area (Å²) in [5.74, 6) is -4.25. The number of hydrogen-bond donors (Lipinski definition) is 1. The number of carboxylic acid groups (broad SMARTS) is 1. The lowest BCUT2D eigenvalue weighted by Crippen LogP contribution is -2.01. The first-order valence-corrected chi connectivity index (χ1v) is 5.60. The molecule has 0 aliphatic rings. The number of nitrogens with zero attached hydrogens (tertiary/aromatic N) is 1. The second-order valence-corrected chi connectivity index (χ2v) is 4.29. The summed E-state index contributed by atoms with van der Waals surface area (Å²) < 4.78 is 31.8. The fraction of sp³-hybridized carbons (Fsp3) is 0.231. The Hall–Kier alpha value is -2.24. The quantitative estimate of drug-likeness (QED) is 0.925. The molecule has 1 heterocycles. The van der Waals surface area contributed by atoms with Crippen LogP contribution in [0, 0.1) is 11.6 Å². The zero-order chi connectivity index (χ0) is 14.2. The van der Waals surface area contributed by atoms with Crippen LogP contribution >= 0.6 is 0 Å². The number of rotatable bonds is 3. The van der Waals surface area contributed by atoms with E-state index in [2.05, 4.69) is 4.98 Å². The molecule has 0 fully saturated rings. The minimum absolute atomic E-state index is 0.200. The molecule has 1 aromatic carbocycles. The molecule has 6 heteroatoms. The zero-order valence-corrected chi connectivity index (χ0v) is 10.3. The first kappa shape index (κ1) is 13.2. The molecule has 0 spiro atoms. The van der Waals surface area contributed by atoms with Crippen molar-refractivity contribution in [2.24, 2.45) is 0 Å². The summed E-state index contributed by atoms with van der Waals surface area (Å²) in [7, 11) is 0. The largest absolute Gasteiger partial charge is 0.475 e. The van der Waals surface area contributed by atoms with E-state index in [9.17, 15) is 13.6 Å². The molecule has 2 rings (SSSR count). The van der Waals surface area contributed by atoms with Gasteiger partial charge in [0.15, 0.2) is 11.6 Å². The number of hydrogen-bond acceptors (Lipinski definition) is 3. The van der Waals surface area contributed by atoms with Crippen molar-refractivity contribution in [2.75, 3.05) is 0 Å². The molecule has 4 nitrogen and oxygen atoms in total. The van der Waals surface area contributed by atoms with Crippen molar-refractivity contribution in [2.45, 2.75) is 19.8 Å². The maximum Gasteiger partial charge on any atom is 0.373 e. The topological polar surface area (TPSA) is 63.3 Å². The monoisotopic (exact) mass is 267 g/mol. The summed E-state index contributed by atoms with van der Waals surface area (Å²) in [6.07, 6.45) is 0. The van der Waals surface area contributed by atoms with Crippen molar-refractivity contribution in [1.82, 2.24) is 4.98 Å². The highest BCUT2D eigenvalue weighted by molar-refractivity contribution is 5.86. The van der Waals surface area contributed by atoms with E-state index >= 15 is 0 Å². The zero-order valence-electron chi connectivity index (χ0n) is 10.3. The lowest BCUT2D eigenvalue weighted by atomic mass is 10.1. The van der Waals surface area contributed by atoms with Crippen molar-refractivity contribution in [1.29, 1.82) is 0 Å². The van der Waals surface area contributed by atoms with Gasteiger partial charge in [0.25, 0.3) is 0 Å². The molecule has 0 aliphatic heterocycles. The van der Waals surface area contributed by atoms with Gasteiger partial charge in [-0.25, -0.2) is 18.6 Å². The Morgan fingerprint density at radius 2 is 2.05 bits per heavy atom. The van der Waals surface area contributed by atoms with Gasteiger partial charge < -0.3 is 9.52 Å². The van der Waals surface area contributed by atoms with E-state index in [4.69, 9.17) is 9.52 Å². The van der Waals surface area contributed by atoms with Crippen molar-refractivity contribution in [3.8, 4) is 11.5 Å². The van der Waals surface area contributed by atoms with Crippen molar-refractivity contribution < 1.29 is 23.1 Å². The summed E-state index contributed by atoms with van der Waals surface area (Å²) in [5, 5.41) is 9.00. The predicted molar refractivity (Wildman–Crippen MR) is 62.9 cm³/mol. The molecule has 0 amide bonds. The van der Waals surface area contributed by atoms with Gasteiger partial charge in [-0.15, -0.1) is 0 Å². The third-order valence-corrected chi connectivity index (χ3v) is 2.58. The molecule has 0 atom stereocenters. The van der Waals surface area contributed by atoms with Crippen LogP contribution < -0.4 is 0 Å². The van der Waals surface area contributed by atoms with Crippen LogP contribution in [0.2, 0.25) is 0 Å². The van der Waals surface area contributed by atoms with Gasteiger partial charge in [0.05, 0.1) is 11.3 Å². The van der Waals surface area contributed by atoms with Gasteiger partial charge >= 0.3 is 5.97 Å². The van der Waals surface area contributed by atoms with Gasteiger partial charge in [-0.3, -0.25) is 0 Å². The van der Waals surface area contributed by atoms with E-state index in [0.29, 0.717) is 0 Å². The average molecular weight is 267 g/mol. The van der Waals surface area contributed by atoms with Crippen molar-refractivity contribution in [3.05, 3.63) is 41.3 Å². The van der Waals surface area contributed by atoms with E-state index < -0.39 is 17.6 Å². The van der Waals surface area contributed by atoms with Crippen LogP contribution in [0.5, 0.6) is 0 Å². The van der Waals surface area contributed by atoms with Crippen LogP contribution in [0.3, 0.4) is 0 Å². The Labute approximate surface area is 107 Å². The third kappa shape index (κ3) is 2.33. The summed E-state index contributed by atoms with van der Waals surface area (Å²) in [4.78, 5) is 15.0. The van der Waals surface area contributed by atoms with Gasteiger partial charge in [0, 0.05) is 0 Å². The number of benzene rings is 1. The first-order valence-electron chi connectivity index (χ1n) is 5.60. The summed E-state index contributed by atoms with van der Waals surface area (Å²) in [6.45, 7) is 3.46. The molecular formula is C13H11F2NO3. The fourth-order valence-electron chi connectivity index (χ4n) is 1.66. The summed E-state index contributed by atoms with van der Waals surface area (Å²) in [5.41, 5.74) is 0.000520. The minimum Gasteiger partial charge on any atom is -0.475 e. The highest BCUT2D eigenvalue weighted by Crippen LogP contribution is 2.28. The Balaban J connectivity index is 2.61. The fourth-order valence-corrected chi connectivity index (χ4v) is 1.66. The van der Waals surface area contributed by atoms with E-state index in [1.807, 2.05) is 0 Å². The van der Waals surface area contributed by atoms with Crippen LogP contribution in [-0.4, -0.2) is 16.1 Å². The van der Waals surface area contributed by atoms with Crippen LogP contribution in [0.25, 0.3) is 11.5 Å². The number of carboxylic acids is 1. The molecule has 0 aliphatic carbocycles. The first-order chi connectivity index (χ1) is 8.91. The molecular weight excluding hydrogens is 256 g/mol. The molecule has 100 valence electrons. The maximum atomic E-state index is 13.6. The molecule has 0 saturated heterocycles. The third-order valence-electron chi connectivity index (χ3n) is 2.58. The second kappa shape index (κ2) is 4.79. The van der Waals surface area contributed by atoms with E-state index in [1.165, 1.54) is 12.1 Å². The van der Waals surface area contributed by atoms with Crippen molar-refractivity contribution >= 4 is 5.97 Å². The molecule has 1 aromatic heterocycles. The number of oxazole rings is 1. The molecule has 1 N–H and O–H groups in total. The maximum absolute atomic E-state index is 13.6. The van der Waals surface area contributed by atoms with Gasteiger partial charge in [-0.2, -0.15) is 0 Å². The highest BCUT2D eigenvalue weighted by Gasteiger charge is 2.24. The predicted octanol–water partition coefficient (Wildman–Crippen LogP) is 3.44. The van der Waals surface area contributed by atoms with Gasteiger partial charge in [-0.05, 0) is 18.1 Å². The number of aromatic nitrogens is 1. The van der Waals surface area contributed by atoms with Crippen LogP contribution in [0.15, 0.2) is 22.6 Å². The Bertz CT molecular complexity index is 635. The molecule has 19 heavy (non-hydrogen) atoms. The summed E-state index contributed by atoms with van der Waals surface area (Å²) >= 11 is 0. The molecule has 0 radical (unpaired) electrons. The standard InChI is InChI=1S/C13H11F2NO3/c1-6(2)10-11(13(17)18)19-12(16-10)7-4-3-5-8(14)9(7)15/h3-6H,1-2H3,(H,17,18). The van der Waals surface area contributed by atoms with Crippen LogP contribution in [0.4, 0.5) is 8.78 Å². The average Bonchev–Trinajstić information content (AvgIpc) is 2.77. The Morgan fingerprint density at radius 1 is 1.37 bits per heavy atom. The lowest BCUT2D eigenvalue weighted by molar-refractivity contribution is 0.0661. The van der Waals surface area contributed by atoms with Gasteiger partial charge in [-0.1, -0.05) is 19.9 Å². The van der Waals surface area contributed by atoms with Crippen molar-refractivity contribution in [3.63, 3.8) is 0 Å². The lowest BCUT2D eigenvalue weighted by Gasteiger charge is -1.99. The summed E-state index contributed by atoms with van der Waals surface area (Å²) in [6, 6.07) is 3.54. The second-order valence-electron chi connectivity index (χ2n) is 4.29. The van der Waals surface area contributed by atoms with Gasteiger partial charge in [0.2, 0.25) is 11.7 Å². The van der Waals surface area contributed by atoms with E-state index in [0.717, 1.165) is 6.07 Å². The van der Waals surface area contributed by atoms with E-state index in [1.54, 1.807) is 13.8 Å². The highest BCUT2D eigenvalue weighted by atomic mass is 19.2.